The van der Waals surface area contributed by atoms with Crippen LogP contribution in [0.15, 0.2) is 18.5 Å². The molecule has 104 valence electrons. The van der Waals surface area contributed by atoms with Gasteiger partial charge >= 0.3 is 0 Å². The third kappa shape index (κ3) is 2.89. The van der Waals surface area contributed by atoms with Crippen molar-refractivity contribution in [1.29, 1.82) is 0 Å². The van der Waals surface area contributed by atoms with Gasteiger partial charge in [-0.25, -0.2) is 0 Å². The van der Waals surface area contributed by atoms with Gasteiger partial charge in [0.05, 0.1) is 25.5 Å². The molecule has 19 heavy (non-hydrogen) atoms. The Balaban J connectivity index is 2.08. The molecule has 0 spiro atoms. The number of nitrogens with zero attached hydrogens (tertiary/aromatic N) is 4. The highest BCUT2D eigenvalue weighted by Gasteiger charge is 2.11. The summed E-state index contributed by atoms with van der Waals surface area (Å²) in [5.74, 6) is 0.608. The molecule has 1 N–H and O–H groups in total. The first-order chi connectivity index (χ1) is 9.15. The molecule has 0 amide bonds. The molecule has 2 heterocycles. The SMILES string of the molecule is CC[C@H](C)n1nccc1CNc1cn(C)nc1OC. The molecule has 0 aliphatic heterocycles. The predicted octanol–water partition coefficient (Wildman–Crippen LogP) is 2.21. The lowest BCUT2D eigenvalue weighted by Gasteiger charge is -2.14. The van der Waals surface area contributed by atoms with E-state index in [1.165, 1.54) is 0 Å². The van der Waals surface area contributed by atoms with Gasteiger partial charge in [-0.3, -0.25) is 9.36 Å². The summed E-state index contributed by atoms with van der Waals surface area (Å²) in [7, 11) is 3.49. The van der Waals surface area contributed by atoms with Gasteiger partial charge in [-0.2, -0.15) is 5.10 Å². The normalized spacial score (nSPS) is 12.4. The number of nitrogens with one attached hydrogen (secondary N) is 1. The molecule has 0 unspecified atom stereocenters. The summed E-state index contributed by atoms with van der Waals surface area (Å²) in [6.07, 6.45) is 4.80. The van der Waals surface area contributed by atoms with Crippen LogP contribution in [0.5, 0.6) is 5.88 Å². The van der Waals surface area contributed by atoms with Crippen molar-refractivity contribution >= 4 is 5.69 Å². The van der Waals surface area contributed by atoms with Crippen molar-refractivity contribution in [2.75, 3.05) is 12.4 Å². The number of hydrogen-bond donors (Lipinski definition) is 1. The zero-order valence-electron chi connectivity index (χ0n) is 11.9. The van der Waals surface area contributed by atoms with Gasteiger partial charge in [-0.05, 0) is 19.4 Å². The highest BCUT2D eigenvalue weighted by atomic mass is 16.5. The van der Waals surface area contributed by atoms with Crippen molar-refractivity contribution in [2.24, 2.45) is 7.05 Å². The van der Waals surface area contributed by atoms with Crippen molar-refractivity contribution < 1.29 is 4.74 Å². The number of anilines is 1. The summed E-state index contributed by atoms with van der Waals surface area (Å²) in [5, 5.41) is 11.9. The number of aromatic nitrogens is 4. The monoisotopic (exact) mass is 263 g/mol. The van der Waals surface area contributed by atoms with E-state index in [1.807, 2.05) is 25.5 Å². The first-order valence-electron chi connectivity index (χ1n) is 6.49. The lowest BCUT2D eigenvalue weighted by atomic mass is 10.2. The van der Waals surface area contributed by atoms with Crippen LogP contribution in [0.25, 0.3) is 0 Å². The summed E-state index contributed by atoms with van der Waals surface area (Å²) in [6.45, 7) is 5.03. The van der Waals surface area contributed by atoms with Gasteiger partial charge in [0.15, 0.2) is 0 Å². The molecule has 2 rings (SSSR count). The number of rotatable bonds is 6. The maximum absolute atomic E-state index is 5.22. The molecule has 2 aromatic rings. The molecule has 6 nitrogen and oxygen atoms in total. The van der Waals surface area contributed by atoms with Crippen LogP contribution in [0, 0.1) is 0 Å². The standard InChI is InChI=1S/C13H21N5O/c1-5-10(2)18-11(6-7-15-18)8-14-12-9-17(3)16-13(12)19-4/h6-7,9-10,14H,5,8H2,1-4H3/t10-/m0/s1. The molecule has 0 aromatic carbocycles. The zero-order valence-corrected chi connectivity index (χ0v) is 11.9. The molecule has 0 saturated carbocycles. The molecule has 1 atom stereocenters. The smallest absolute Gasteiger partial charge is 0.256 e. The Labute approximate surface area is 113 Å². The Bertz CT molecular complexity index is 531. The van der Waals surface area contributed by atoms with E-state index >= 15 is 0 Å². The van der Waals surface area contributed by atoms with Gasteiger partial charge in [0.25, 0.3) is 5.88 Å². The van der Waals surface area contributed by atoms with Gasteiger partial charge in [-0.1, -0.05) is 6.92 Å². The lowest BCUT2D eigenvalue weighted by molar-refractivity contribution is 0.393. The average Bonchev–Trinajstić information content (AvgIpc) is 3.01. The van der Waals surface area contributed by atoms with Crippen LogP contribution in [0.3, 0.4) is 0 Å². The largest absolute Gasteiger partial charge is 0.478 e. The van der Waals surface area contributed by atoms with E-state index in [0.717, 1.165) is 17.8 Å². The van der Waals surface area contributed by atoms with Crippen LogP contribution in [0.2, 0.25) is 0 Å². The van der Waals surface area contributed by atoms with Crippen LogP contribution >= 0.6 is 0 Å². The molecular weight excluding hydrogens is 242 g/mol. The van der Waals surface area contributed by atoms with Crippen molar-refractivity contribution in [1.82, 2.24) is 19.6 Å². The minimum atomic E-state index is 0.405. The quantitative estimate of drug-likeness (QED) is 0.868. The molecule has 6 heteroatoms. The van der Waals surface area contributed by atoms with Gasteiger partial charge in [0.1, 0.15) is 5.69 Å². The van der Waals surface area contributed by atoms with Gasteiger partial charge in [0, 0.05) is 19.3 Å². The van der Waals surface area contributed by atoms with Crippen LogP contribution in [-0.4, -0.2) is 26.7 Å². The van der Waals surface area contributed by atoms with E-state index in [2.05, 4.69) is 34.0 Å². The maximum atomic E-state index is 5.22. The second kappa shape index (κ2) is 5.77. The number of ether oxygens (including phenoxy) is 1. The van der Waals surface area contributed by atoms with E-state index in [9.17, 15) is 0 Å². The van der Waals surface area contributed by atoms with Crippen LogP contribution in [0.1, 0.15) is 32.0 Å². The average molecular weight is 263 g/mol. The molecule has 0 saturated heterocycles. The molecule has 2 aromatic heterocycles. The molecule has 0 fully saturated rings. The van der Waals surface area contributed by atoms with Gasteiger partial charge in [0.2, 0.25) is 0 Å². The van der Waals surface area contributed by atoms with Crippen LogP contribution < -0.4 is 10.1 Å². The van der Waals surface area contributed by atoms with Gasteiger partial charge < -0.3 is 10.1 Å². The van der Waals surface area contributed by atoms with E-state index in [0.29, 0.717) is 18.5 Å². The Morgan fingerprint density at radius 1 is 1.47 bits per heavy atom. The first kappa shape index (κ1) is 13.5. The summed E-state index contributed by atoms with van der Waals surface area (Å²) >= 11 is 0. The van der Waals surface area contributed by atoms with Crippen LogP contribution in [0.4, 0.5) is 5.69 Å². The minimum absolute atomic E-state index is 0.405. The van der Waals surface area contributed by atoms with Crippen molar-refractivity contribution in [3.63, 3.8) is 0 Å². The summed E-state index contributed by atoms with van der Waals surface area (Å²) in [4.78, 5) is 0. The van der Waals surface area contributed by atoms with Crippen molar-refractivity contribution in [2.45, 2.75) is 32.9 Å². The van der Waals surface area contributed by atoms with E-state index in [-0.39, 0.29) is 0 Å². The second-order valence-electron chi connectivity index (χ2n) is 4.60. The number of hydrogen-bond acceptors (Lipinski definition) is 4. The highest BCUT2D eigenvalue weighted by Crippen LogP contribution is 2.22. The highest BCUT2D eigenvalue weighted by molar-refractivity contribution is 5.51. The molecule has 0 aliphatic carbocycles. The molecule has 0 radical (unpaired) electrons. The Kier molecular flexibility index (Phi) is 4.09. The molecule has 0 bridgehead atoms. The lowest BCUT2D eigenvalue weighted by Crippen LogP contribution is -2.12. The fraction of sp³-hybridized carbons (Fsp3) is 0.538. The van der Waals surface area contributed by atoms with Gasteiger partial charge in [-0.15, -0.1) is 5.10 Å². The predicted molar refractivity (Wildman–Crippen MR) is 74.3 cm³/mol. The van der Waals surface area contributed by atoms with E-state index in [4.69, 9.17) is 4.74 Å². The van der Waals surface area contributed by atoms with Crippen molar-refractivity contribution in [3.8, 4) is 5.88 Å². The fourth-order valence-electron chi connectivity index (χ4n) is 1.98. The summed E-state index contributed by atoms with van der Waals surface area (Å²) < 4.78 is 9.00. The molecule has 0 aliphatic rings. The number of aryl methyl sites for hydroxylation is 1. The Hall–Kier alpha value is -1.98. The van der Waals surface area contributed by atoms with Crippen molar-refractivity contribution in [3.05, 3.63) is 24.2 Å². The zero-order chi connectivity index (χ0) is 13.8. The van der Waals surface area contributed by atoms with E-state index in [1.54, 1.807) is 11.8 Å². The summed E-state index contributed by atoms with van der Waals surface area (Å²) in [6, 6.07) is 2.43. The molecular formula is C13H21N5O. The third-order valence-electron chi connectivity index (χ3n) is 3.21. The summed E-state index contributed by atoms with van der Waals surface area (Å²) in [5.41, 5.74) is 2.04. The van der Waals surface area contributed by atoms with Crippen LogP contribution in [-0.2, 0) is 13.6 Å². The third-order valence-corrected chi connectivity index (χ3v) is 3.21. The minimum Gasteiger partial charge on any atom is -0.478 e. The van der Waals surface area contributed by atoms with E-state index < -0.39 is 0 Å². The second-order valence-corrected chi connectivity index (χ2v) is 4.60. The first-order valence-corrected chi connectivity index (χ1v) is 6.49. The fourth-order valence-corrected chi connectivity index (χ4v) is 1.98. The topological polar surface area (TPSA) is 56.9 Å². The maximum Gasteiger partial charge on any atom is 0.256 e. The number of methoxy groups -OCH3 is 1. The Morgan fingerprint density at radius 3 is 2.95 bits per heavy atom. The Morgan fingerprint density at radius 2 is 2.26 bits per heavy atom.